The minimum absolute atomic E-state index is 0. The molecule has 0 fully saturated rings. The van der Waals surface area contributed by atoms with Gasteiger partial charge in [-0.1, -0.05) is 190 Å². The Bertz CT molecular complexity index is 3920. The van der Waals surface area contributed by atoms with Crippen LogP contribution in [-0.2, 0) is 0 Å². The molecule has 0 radical (unpaired) electrons. The van der Waals surface area contributed by atoms with E-state index >= 15 is 0 Å². The van der Waals surface area contributed by atoms with E-state index in [-0.39, 0.29) is 68.9 Å². The van der Waals surface area contributed by atoms with Gasteiger partial charge in [-0.15, -0.1) is 0 Å². The summed E-state index contributed by atoms with van der Waals surface area (Å²) in [6.07, 6.45) is 0. The van der Waals surface area contributed by atoms with Gasteiger partial charge in [-0.25, -0.2) is 9.97 Å². The van der Waals surface area contributed by atoms with Crippen LogP contribution in [0, 0.1) is 0 Å². The summed E-state index contributed by atoms with van der Waals surface area (Å²) in [6.45, 7) is 0. The first-order valence-electron chi connectivity index (χ1n) is 24.7. The number of rotatable bonds is 8. The first-order valence-corrected chi connectivity index (χ1v) is 27.7. The fraction of sp³-hybridized carbons (Fsp3) is 0. The van der Waals surface area contributed by atoms with E-state index in [0.29, 0.717) is 84.7 Å². The number of aromatic nitrogens is 8. The van der Waals surface area contributed by atoms with E-state index < -0.39 is 0 Å². The van der Waals surface area contributed by atoms with E-state index in [2.05, 4.69) is 0 Å². The zero-order valence-corrected chi connectivity index (χ0v) is 49.2. The van der Waals surface area contributed by atoms with Crippen LogP contribution in [0.15, 0.2) is 194 Å². The third kappa shape index (κ3) is 10.8. The van der Waals surface area contributed by atoms with E-state index in [0.717, 1.165) is 44.5 Å². The number of benzene rings is 8. The Balaban J connectivity index is 0.00000651. The molecule has 5 heterocycles. The predicted molar refractivity (Wildman–Crippen MR) is 334 cm³/mol. The molecule has 0 unspecified atom stereocenters. The maximum absolute atomic E-state index is 6.62. The molecule has 81 heavy (non-hydrogen) atoms. The van der Waals surface area contributed by atoms with Gasteiger partial charge in [0.25, 0.3) is 0 Å². The minimum Gasteiger partial charge on any atom is -0.357 e. The standard InChI is InChI=1S/C64H32Cl8N8.Mg/c65-41-17-1-33(2-18-41)49-50(34-3-19-42(66)20-4-34)58-73-57(49)77-59-51(35-5-21-43(67)22-6-35)52(36-7-23-44(68)24-8-36)61(74-59)79-63-55(39-13-29-47(71)30-14-39)56(40-15-31-48(72)32-16-40)64(76-63)80-62-54(38-11-27-46(70)28-12-38)53(60(75-62)78-58)37-9-25-45(69)26-10-37;/h1-32H;/q-2;+2. The molecule has 0 N–H and O–H groups in total. The average Bonchev–Trinajstić information content (AvgIpc) is 4.27. The van der Waals surface area contributed by atoms with Crippen molar-refractivity contribution in [1.82, 2.24) is 39.9 Å². The Morgan fingerprint density at radius 1 is 0.198 bits per heavy atom. The first kappa shape index (κ1) is 54.7. The van der Waals surface area contributed by atoms with Crippen LogP contribution in [0.4, 0.5) is 0 Å². The second kappa shape index (κ2) is 22.8. The molecule has 0 amide bonds. The fourth-order valence-corrected chi connectivity index (χ4v) is 10.9. The third-order valence-corrected chi connectivity index (χ3v) is 15.6. The molecule has 13 rings (SSSR count). The van der Waals surface area contributed by atoms with Gasteiger partial charge in [0, 0.05) is 107 Å². The number of halogens is 8. The van der Waals surface area contributed by atoms with Gasteiger partial charge in [-0.2, -0.15) is 0 Å². The summed E-state index contributed by atoms with van der Waals surface area (Å²) >= 11 is 52.9. The van der Waals surface area contributed by atoms with Crippen molar-refractivity contribution >= 4 is 161 Å². The molecular weight excluding hydrogens is 1190 g/mol. The molecule has 8 aromatic carbocycles. The van der Waals surface area contributed by atoms with Crippen molar-refractivity contribution in [2.45, 2.75) is 0 Å². The molecule has 386 valence electrons. The molecular formula is C64H32Cl8MgN8. The van der Waals surface area contributed by atoms with Gasteiger partial charge >= 0.3 is 23.1 Å². The molecule has 17 heteroatoms. The Labute approximate surface area is 520 Å². The molecule has 0 aliphatic carbocycles. The van der Waals surface area contributed by atoms with Crippen LogP contribution < -0.4 is 9.97 Å². The number of fused-ring (bicyclic) bond motifs is 8. The normalized spacial score (nSPS) is 12.2. The smallest absolute Gasteiger partial charge is 0.357 e. The van der Waals surface area contributed by atoms with E-state index in [1.165, 1.54) is 0 Å². The number of nitrogens with zero attached hydrogens (tertiary/aromatic N) is 8. The Morgan fingerprint density at radius 3 is 0.506 bits per heavy atom. The van der Waals surface area contributed by atoms with Crippen molar-refractivity contribution in [3.8, 4) is 44.5 Å². The van der Waals surface area contributed by atoms with Crippen LogP contribution in [0.2, 0.25) is 40.2 Å². The van der Waals surface area contributed by atoms with Crippen LogP contribution in [0.25, 0.3) is 89.4 Å². The fourth-order valence-electron chi connectivity index (χ4n) is 9.91. The van der Waals surface area contributed by atoms with E-state index in [9.17, 15) is 0 Å². The van der Waals surface area contributed by atoms with Gasteiger partial charge < -0.3 is 29.9 Å². The second-order valence-corrected chi connectivity index (χ2v) is 22.0. The van der Waals surface area contributed by atoms with Gasteiger partial charge in [-0.3, -0.25) is 0 Å². The molecule has 8 bridgehead atoms. The molecule has 2 aliphatic rings. The summed E-state index contributed by atoms with van der Waals surface area (Å²) in [7, 11) is 0. The summed E-state index contributed by atoms with van der Waals surface area (Å²) < 4.78 is 0. The molecule has 11 aromatic rings. The molecule has 0 saturated carbocycles. The quantitative estimate of drug-likeness (QED) is 0.139. The van der Waals surface area contributed by atoms with Gasteiger partial charge in [-0.05, 0) is 142 Å². The van der Waals surface area contributed by atoms with Crippen LogP contribution in [0.5, 0.6) is 0 Å². The van der Waals surface area contributed by atoms with Crippen LogP contribution in [0.1, 0.15) is 45.6 Å². The molecule has 0 atom stereocenters. The van der Waals surface area contributed by atoms with Crippen LogP contribution in [0.3, 0.4) is 0 Å². The van der Waals surface area contributed by atoms with E-state index in [1.807, 2.05) is 194 Å². The number of hydrogen-bond acceptors (Lipinski definition) is 6. The maximum Gasteiger partial charge on any atom is 2.00 e. The summed E-state index contributed by atoms with van der Waals surface area (Å²) in [6, 6.07) is 59.9. The predicted octanol–water partition coefficient (Wildman–Crippen LogP) is 18.7. The zero-order valence-electron chi connectivity index (χ0n) is 41.8. The molecule has 2 aliphatic heterocycles. The van der Waals surface area contributed by atoms with Crippen LogP contribution in [-0.4, -0.2) is 53.0 Å². The van der Waals surface area contributed by atoms with Crippen molar-refractivity contribution in [3.05, 3.63) is 280 Å². The first-order chi connectivity index (χ1) is 38.9. The van der Waals surface area contributed by atoms with Crippen molar-refractivity contribution in [1.29, 1.82) is 0 Å². The van der Waals surface area contributed by atoms with E-state index in [1.54, 1.807) is 0 Å². The van der Waals surface area contributed by atoms with Gasteiger partial charge in [0.1, 0.15) is 0 Å². The summed E-state index contributed by atoms with van der Waals surface area (Å²) in [4.78, 5) is 43.8. The van der Waals surface area contributed by atoms with Crippen molar-refractivity contribution in [2.24, 2.45) is 0 Å². The van der Waals surface area contributed by atoms with Crippen molar-refractivity contribution in [3.63, 3.8) is 0 Å². The second-order valence-electron chi connectivity index (χ2n) is 18.5. The summed E-state index contributed by atoms with van der Waals surface area (Å²) in [5.74, 6) is 1.14. The number of hydrogen-bond donors (Lipinski definition) is 0. The topological polar surface area (TPSA) is 106 Å². The third-order valence-electron chi connectivity index (χ3n) is 13.5. The summed E-state index contributed by atoms with van der Waals surface area (Å²) in [5, 5.41) is 4.32. The van der Waals surface area contributed by atoms with E-state index in [4.69, 9.17) is 133 Å². The van der Waals surface area contributed by atoms with Crippen LogP contribution >= 0.6 is 92.8 Å². The summed E-state index contributed by atoms with van der Waals surface area (Å²) in [5.41, 5.74) is 12.1. The molecule has 0 saturated heterocycles. The molecule has 0 spiro atoms. The van der Waals surface area contributed by atoms with Gasteiger partial charge in [0.05, 0.1) is 23.3 Å². The Hall–Kier alpha value is -6.83. The monoisotopic (exact) mass is 1220 g/mol. The molecule has 8 nitrogen and oxygen atoms in total. The minimum atomic E-state index is 0. The maximum atomic E-state index is 6.62. The Morgan fingerprint density at radius 2 is 0.346 bits per heavy atom. The van der Waals surface area contributed by atoms with Crippen molar-refractivity contribution in [2.75, 3.05) is 0 Å². The average molecular weight is 1220 g/mol. The van der Waals surface area contributed by atoms with Gasteiger partial charge in [0.2, 0.25) is 0 Å². The largest absolute Gasteiger partial charge is 2.00 e. The molecule has 3 aromatic heterocycles. The van der Waals surface area contributed by atoms with Gasteiger partial charge in [0.15, 0.2) is 0 Å². The van der Waals surface area contributed by atoms with Crippen molar-refractivity contribution < 1.29 is 0 Å². The SMILES string of the molecule is Clc1ccc(C2=C(c3ccc(Cl)cc3)c3nc2nc2[n-]c(nc4nc(nc5[n-]c(n3)c(-c3ccc(Cl)cc3)c5-c3ccc(Cl)cc3)C(c3ccc(Cl)cc3)=C4c3ccc(Cl)cc3)c(-c3ccc(Cl)cc3)c2-c2ccc(Cl)cc2)cc1.[Mg+2]. The zero-order chi connectivity index (χ0) is 54.8. The Kier molecular flexibility index (Phi) is 15.4.